The Balaban J connectivity index is 1.77. The molecule has 1 aromatic heterocycles. The van der Waals surface area contributed by atoms with E-state index in [2.05, 4.69) is 20.0 Å². The number of benzene rings is 2. The molecule has 31 heavy (non-hydrogen) atoms. The molecule has 156 valence electrons. The number of methoxy groups -OCH3 is 1. The van der Waals surface area contributed by atoms with E-state index in [-0.39, 0.29) is 22.3 Å². The summed E-state index contributed by atoms with van der Waals surface area (Å²) in [5, 5.41) is 11.7. The third kappa shape index (κ3) is 5.18. The number of nitriles is 1. The predicted octanol–water partition coefficient (Wildman–Crippen LogP) is 3.21. The van der Waals surface area contributed by atoms with Gasteiger partial charge in [0.05, 0.1) is 23.6 Å². The van der Waals surface area contributed by atoms with Crippen molar-refractivity contribution in [1.29, 1.82) is 5.26 Å². The van der Waals surface area contributed by atoms with Gasteiger partial charge in [-0.3, -0.25) is 9.59 Å². The summed E-state index contributed by atoms with van der Waals surface area (Å²) >= 11 is 1.06. The Labute approximate surface area is 182 Å². The van der Waals surface area contributed by atoms with Crippen molar-refractivity contribution < 1.29 is 14.3 Å². The van der Waals surface area contributed by atoms with Gasteiger partial charge < -0.3 is 15.0 Å². The number of aromatic nitrogens is 2. The fourth-order valence-electron chi connectivity index (χ4n) is 2.69. The lowest BCUT2D eigenvalue weighted by Crippen LogP contribution is -2.23. The van der Waals surface area contributed by atoms with E-state index in [0.29, 0.717) is 16.8 Å². The third-order valence-corrected chi connectivity index (χ3v) is 5.27. The van der Waals surface area contributed by atoms with Crippen molar-refractivity contribution in [2.24, 2.45) is 0 Å². The number of ether oxygens (including phenoxy) is 1. The van der Waals surface area contributed by atoms with Gasteiger partial charge in [-0.15, -0.1) is 0 Å². The first-order valence-corrected chi connectivity index (χ1v) is 10.1. The topological polar surface area (TPSA) is 125 Å². The van der Waals surface area contributed by atoms with Crippen molar-refractivity contribution in [2.45, 2.75) is 17.3 Å². The number of rotatable bonds is 6. The number of esters is 1. The quantitative estimate of drug-likeness (QED) is 0.347. The number of nitrogens with zero attached hydrogens (tertiary/aromatic N) is 2. The molecule has 3 aromatic rings. The summed E-state index contributed by atoms with van der Waals surface area (Å²) in [4.78, 5) is 43.4. The summed E-state index contributed by atoms with van der Waals surface area (Å²) in [6, 6.07) is 17.1. The fraction of sp³-hybridized carbons (Fsp3) is 0.136. The van der Waals surface area contributed by atoms with E-state index in [1.807, 2.05) is 12.1 Å². The van der Waals surface area contributed by atoms with Crippen molar-refractivity contribution in [2.75, 3.05) is 12.4 Å². The maximum absolute atomic E-state index is 12.6. The number of hydrogen-bond donors (Lipinski definition) is 2. The molecule has 0 aliphatic carbocycles. The van der Waals surface area contributed by atoms with Crippen LogP contribution in [-0.2, 0) is 9.53 Å². The Hall–Kier alpha value is -3.90. The summed E-state index contributed by atoms with van der Waals surface area (Å²) in [5.74, 6) is -0.782. The zero-order chi connectivity index (χ0) is 22.4. The van der Waals surface area contributed by atoms with Gasteiger partial charge in [0.15, 0.2) is 5.16 Å². The standard InChI is InChI=1S/C22H18N4O4S/c1-13(19(27)24-16-10-8-15(9-11-16)21(29)30-2)31-22-25-18(14-6-4-3-5-7-14)17(12-23)20(28)26-22/h3-11,13H,1-2H3,(H,24,27)(H,25,26,28)/t13-/m0/s1. The predicted molar refractivity (Wildman–Crippen MR) is 117 cm³/mol. The summed E-state index contributed by atoms with van der Waals surface area (Å²) in [5.41, 5.74) is 1.13. The van der Waals surface area contributed by atoms with E-state index >= 15 is 0 Å². The van der Waals surface area contributed by atoms with Crippen LogP contribution in [0.4, 0.5) is 5.69 Å². The molecule has 0 spiro atoms. The van der Waals surface area contributed by atoms with Crippen LogP contribution in [0.25, 0.3) is 11.3 Å². The first-order chi connectivity index (χ1) is 14.9. The van der Waals surface area contributed by atoms with Crippen LogP contribution in [0, 0.1) is 11.3 Å². The first-order valence-electron chi connectivity index (χ1n) is 9.18. The highest BCUT2D eigenvalue weighted by Gasteiger charge is 2.19. The molecule has 0 saturated carbocycles. The molecule has 1 amide bonds. The summed E-state index contributed by atoms with van der Waals surface area (Å²) in [6.07, 6.45) is 0. The Morgan fingerprint density at radius 3 is 2.45 bits per heavy atom. The summed E-state index contributed by atoms with van der Waals surface area (Å²) in [7, 11) is 1.29. The maximum atomic E-state index is 12.6. The maximum Gasteiger partial charge on any atom is 0.337 e. The van der Waals surface area contributed by atoms with Gasteiger partial charge in [0.25, 0.3) is 5.56 Å². The number of carbonyl (C=O) groups excluding carboxylic acids is 2. The minimum absolute atomic E-state index is 0.0849. The molecule has 1 atom stereocenters. The third-order valence-electron chi connectivity index (χ3n) is 4.29. The zero-order valence-electron chi connectivity index (χ0n) is 16.7. The molecule has 0 aliphatic rings. The van der Waals surface area contributed by atoms with Crippen LogP contribution in [0.1, 0.15) is 22.8 Å². The van der Waals surface area contributed by atoms with E-state index < -0.39 is 16.8 Å². The molecule has 0 unspecified atom stereocenters. The highest BCUT2D eigenvalue weighted by atomic mass is 32.2. The van der Waals surface area contributed by atoms with Crippen molar-refractivity contribution >= 4 is 29.3 Å². The second-order valence-corrected chi connectivity index (χ2v) is 7.72. The summed E-state index contributed by atoms with van der Waals surface area (Å²) in [6.45, 7) is 1.67. The Morgan fingerprint density at radius 1 is 1.16 bits per heavy atom. The van der Waals surface area contributed by atoms with Crippen LogP contribution in [0.2, 0.25) is 0 Å². The van der Waals surface area contributed by atoms with Crippen LogP contribution < -0.4 is 10.9 Å². The number of thioether (sulfide) groups is 1. The Bertz CT molecular complexity index is 1200. The minimum Gasteiger partial charge on any atom is -0.465 e. The van der Waals surface area contributed by atoms with Gasteiger partial charge in [0, 0.05) is 11.3 Å². The number of aromatic amines is 1. The van der Waals surface area contributed by atoms with Gasteiger partial charge in [-0.1, -0.05) is 42.1 Å². The largest absolute Gasteiger partial charge is 0.465 e. The van der Waals surface area contributed by atoms with Crippen LogP contribution in [0.3, 0.4) is 0 Å². The molecule has 0 radical (unpaired) electrons. The lowest BCUT2D eigenvalue weighted by molar-refractivity contribution is -0.115. The molecular weight excluding hydrogens is 416 g/mol. The highest BCUT2D eigenvalue weighted by Crippen LogP contribution is 2.25. The lowest BCUT2D eigenvalue weighted by Gasteiger charge is -2.12. The molecule has 3 rings (SSSR count). The molecule has 8 nitrogen and oxygen atoms in total. The molecular formula is C22H18N4O4S. The highest BCUT2D eigenvalue weighted by molar-refractivity contribution is 8.00. The molecule has 0 fully saturated rings. The zero-order valence-corrected chi connectivity index (χ0v) is 17.5. The fourth-order valence-corrected chi connectivity index (χ4v) is 3.49. The normalized spacial score (nSPS) is 11.3. The first kappa shape index (κ1) is 21.8. The molecule has 2 N–H and O–H groups in total. The van der Waals surface area contributed by atoms with Gasteiger partial charge in [-0.2, -0.15) is 5.26 Å². The van der Waals surface area contributed by atoms with Crippen molar-refractivity contribution in [1.82, 2.24) is 9.97 Å². The number of carbonyl (C=O) groups is 2. The molecule has 0 bridgehead atoms. The van der Waals surface area contributed by atoms with Gasteiger partial charge >= 0.3 is 5.97 Å². The van der Waals surface area contributed by atoms with E-state index in [1.54, 1.807) is 55.5 Å². The van der Waals surface area contributed by atoms with Crippen molar-refractivity contribution in [3.63, 3.8) is 0 Å². The van der Waals surface area contributed by atoms with E-state index in [4.69, 9.17) is 0 Å². The number of H-pyrrole nitrogens is 1. The van der Waals surface area contributed by atoms with Crippen LogP contribution in [0.15, 0.2) is 64.5 Å². The number of anilines is 1. The van der Waals surface area contributed by atoms with Crippen molar-refractivity contribution in [3.05, 3.63) is 76.1 Å². The Morgan fingerprint density at radius 2 is 1.84 bits per heavy atom. The lowest BCUT2D eigenvalue weighted by atomic mass is 10.1. The smallest absolute Gasteiger partial charge is 0.337 e. The van der Waals surface area contributed by atoms with Gasteiger partial charge in [0.2, 0.25) is 5.91 Å². The second kappa shape index (κ2) is 9.73. The number of amides is 1. The number of nitrogens with one attached hydrogen (secondary N) is 2. The molecule has 9 heteroatoms. The van der Waals surface area contributed by atoms with Gasteiger partial charge in [-0.05, 0) is 31.2 Å². The van der Waals surface area contributed by atoms with Crippen molar-refractivity contribution in [3.8, 4) is 17.3 Å². The van der Waals surface area contributed by atoms with E-state index in [1.165, 1.54) is 7.11 Å². The van der Waals surface area contributed by atoms with Crippen LogP contribution in [0.5, 0.6) is 0 Å². The van der Waals surface area contributed by atoms with Gasteiger partial charge in [0.1, 0.15) is 11.6 Å². The number of hydrogen-bond acceptors (Lipinski definition) is 7. The average Bonchev–Trinajstić information content (AvgIpc) is 2.79. The van der Waals surface area contributed by atoms with E-state index in [9.17, 15) is 19.6 Å². The molecule has 0 aliphatic heterocycles. The monoisotopic (exact) mass is 434 g/mol. The molecule has 0 saturated heterocycles. The minimum atomic E-state index is -0.597. The van der Waals surface area contributed by atoms with Gasteiger partial charge in [-0.25, -0.2) is 9.78 Å². The van der Waals surface area contributed by atoms with Crippen LogP contribution in [-0.4, -0.2) is 34.2 Å². The average molecular weight is 434 g/mol. The van der Waals surface area contributed by atoms with E-state index in [0.717, 1.165) is 11.8 Å². The van der Waals surface area contributed by atoms with Crippen LogP contribution >= 0.6 is 11.8 Å². The molecule has 2 aromatic carbocycles. The molecule has 1 heterocycles. The Kier molecular flexibility index (Phi) is 6.85. The summed E-state index contributed by atoms with van der Waals surface area (Å²) < 4.78 is 4.64. The SMILES string of the molecule is COC(=O)c1ccc(NC(=O)[C@H](C)Sc2nc(-c3ccccc3)c(C#N)c(=O)[nH]2)cc1. The second-order valence-electron chi connectivity index (χ2n) is 6.39.